The molecule has 280 valence electrons. The molecule has 4 heterocycles. The summed E-state index contributed by atoms with van der Waals surface area (Å²) in [5.74, 6) is 0. The van der Waals surface area contributed by atoms with Gasteiger partial charge in [-0.2, -0.15) is 0 Å². The zero-order chi connectivity index (χ0) is 39.5. The van der Waals surface area contributed by atoms with Gasteiger partial charge in [-0.05, 0) is 77.7 Å². The summed E-state index contributed by atoms with van der Waals surface area (Å²) in [6, 6.07) is 69.7. The summed E-state index contributed by atoms with van der Waals surface area (Å²) in [5, 5.41) is 9.46. The first-order valence-corrected chi connectivity index (χ1v) is 20.3. The summed E-state index contributed by atoms with van der Waals surface area (Å²) in [7, 11) is 0. The smallest absolute Gasteiger partial charge is 0.280 e. The Morgan fingerprint density at radius 3 is 1.88 bits per heavy atom. The fourth-order valence-electron chi connectivity index (χ4n) is 9.87. The highest BCUT2D eigenvalue weighted by atomic mass is 16.3. The molecule has 4 aromatic heterocycles. The Morgan fingerprint density at radius 2 is 1.02 bits per heavy atom. The molecule has 0 radical (unpaired) electrons. The number of pyridine rings is 1. The van der Waals surface area contributed by atoms with Crippen LogP contribution in [0.15, 0.2) is 209 Å². The molecule has 9 aromatic carbocycles. The maximum absolute atomic E-state index is 15.8. The number of hydrogen-bond donors (Lipinski definition) is 0. The van der Waals surface area contributed by atoms with E-state index < -0.39 is 0 Å². The first-order valence-electron chi connectivity index (χ1n) is 20.3. The van der Waals surface area contributed by atoms with Crippen molar-refractivity contribution in [1.29, 1.82) is 0 Å². The Hall–Kier alpha value is -8.15. The number of rotatable bonds is 4. The number of fused-ring (bicyclic) bond motifs is 12. The third-order valence-corrected chi connectivity index (χ3v) is 12.4. The molecule has 5 heteroatoms. The third-order valence-electron chi connectivity index (χ3n) is 12.4. The normalized spacial score (nSPS) is 12.1. The lowest BCUT2D eigenvalue weighted by molar-refractivity contribution is 0.670. The van der Waals surface area contributed by atoms with E-state index in [2.05, 4.69) is 179 Å². The SMILES string of the molecule is O=c1c2c(c3cc(-c4cccc5c4oc4ccccc45)ccc3n1-c1cccc3ccccc13)c1ccccc1n2-c1ccc2c(c1)c1ccccc1n2-c1ccccc1. The van der Waals surface area contributed by atoms with Crippen molar-refractivity contribution >= 4 is 87.2 Å². The maximum atomic E-state index is 15.8. The van der Waals surface area contributed by atoms with Crippen LogP contribution >= 0.6 is 0 Å². The molecule has 0 spiro atoms. The summed E-state index contributed by atoms with van der Waals surface area (Å²) in [6.07, 6.45) is 0. The number of hydrogen-bond acceptors (Lipinski definition) is 2. The highest BCUT2D eigenvalue weighted by Crippen LogP contribution is 2.42. The predicted octanol–water partition coefficient (Wildman–Crippen LogP) is 13.9. The summed E-state index contributed by atoms with van der Waals surface area (Å²) < 4.78 is 13.0. The van der Waals surface area contributed by atoms with Crippen LogP contribution in [0.5, 0.6) is 0 Å². The van der Waals surface area contributed by atoms with Gasteiger partial charge in [-0.15, -0.1) is 0 Å². The van der Waals surface area contributed by atoms with Gasteiger partial charge >= 0.3 is 0 Å². The van der Waals surface area contributed by atoms with E-state index in [9.17, 15) is 0 Å². The molecule has 0 bridgehead atoms. The molecule has 0 aliphatic carbocycles. The number of para-hydroxylation sites is 5. The van der Waals surface area contributed by atoms with Crippen molar-refractivity contribution in [2.24, 2.45) is 0 Å². The van der Waals surface area contributed by atoms with Crippen LogP contribution in [0.2, 0.25) is 0 Å². The van der Waals surface area contributed by atoms with Gasteiger partial charge in [-0.3, -0.25) is 9.36 Å². The van der Waals surface area contributed by atoms with Crippen molar-refractivity contribution in [3.8, 4) is 28.2 Å². The Kier molecular flexibility index (Phi) is 6.81. The lowest BCUT2D eigenvalue weighted by Crippen LogP contribution is -2.21. The molecule has 0 amide bonds. The quantitative estimate of drug-likeness (QED) is 0.179. The van der Waals surface area contributed by atoms with E-state index in [1.165, 1.54) is 0 Å². The zero-order valence-corrected chi connectivity index (χ0v) is 32.2. The van der Waals surface area contributed by atoms with Gasteiger partial charge in [0.1, 0.15) is 16.7 Å². The highest BCUT2D eigenvalue weighted by molar-refractivity contribution is 6.22. The summed E-state index contributed by atoms with van der Waals surface area (Å²) in [5.41, 5.74) is 11.2. The minimum Gasteiger partial charge on any atom is -0.455 e. The van der Waals surface area contributed by atoms with E-state index in [-0.39, 0.29) is 5.56 Å². The van der Waals surface area contributed by atoms with Crippen molar-refractivity contribution in [2.45, 2.75) is 0 Å². The molecule has 13 aromatic rings. The molecule has 0 aliphatic rings. The van der Waals surface area contributed by atoms with Crippen molar-refractivity contribution in [3.05, 3.63) is 211 Å². The van der Waals surface area contributed by atoms with Crippen LogP contribution in [0.25, 0.3) is 115 Å². The monoisotopic (exact) mass is 767 g/mol. The molecule has 60 heavy (non-hydrogen) atoms. The summed E-state index contributed by atoms with van der Waals surface area (Å²) in [4.78, 5) is 15.8. The number of furan rings is 1. The molecular formula is C55H33N3O2. The molecule has 0 saturated heterocycles. The van der Waals surface area contributed by atoms with Crippen molar-refractivity contribution in [2.75, 3.05) is 0 Å². The van der Waals surface area contributed by atoms with Crippen LogP contribution in [0.3, 0.4) is 0 Å². The number of aromatic nitrogens is 3. The van der Waals surface area contributed by atoms with Crippen molar-refractivity contribution < 1.29 is 4.42 Å². The van der Waals surface area contributed by atoms with Gasteiger partial charge in [-0.25, -0.2) is 0 Å². The average Bonchev–Trinajstić information content (AvgIpc) is 3.97. The van der Waals surface area contributed by atoms with Crippen LogP contribution in [-0.4, -0.2) is 13.7 Å². The molecule has 0 atom stereocenters. The van der Waals surface area contributed by atoms with Gasteiger partial charge in [0.05, 0.1) is 27.8 Å². The van der Waals surface area contributed by atoms with Gasteiger partial charge < -0.3 is 13.6 Å². The lowest BCUT2D eigenvalue weighted by atomic mass is 9.98. The topological polar surface area (TPSA) is 45.0 Å². The zero-order valence-electron chi connectivity index (χ0n) is 32.2. The molecule has 0 unspecified atom stereocenters. The highest BCUT2D eigenvalue weighted by Gasteiger charge is 2.24. The second kappa shape index (κ2) is 12.4. The van der Waals surface area contributed by atoms with Gasteiger partial charge in [0.25, 0.3) is 5.56 Å². The molecular weight excluding hydrogens is 735 g/mol. The van der Waals surface area contributed by atoms with Crippen molar-refractivity contribution in [3.63, 3.8) is 0 Å². The number of benzene rings is 9. The fraction of sp³-hybridized carbons (Fsp3) is 0. The van der Waals surface area contributed by atoms with Gasteiger partial charge in [-0.1, -0.05) is 133 Å². The fourth-order valence-corrected chi connectivity index (χ4v) is 9.87. The van der Waals surface area contributed by atoms with Crippen LogP contribution in [-0.2, 0) is 0 Å². The van der Waals surface area contributed by atoms with Crippen LogP contribution in [0, 0.1) is 0 Å². The van der Waals surface area contributed by atoms with Crippen molar-refractivity contribution in [1.82, 2.24) is 13.7 Å². The molecule has 0 fully saturated rings. The predicted molar refractivity (Wildman–Crippen MR) is 248 cm³/mol. The van der Waals surface area contributed by atoms with E-state index >= 15 is 4.79 Å². The first kappa shape index (κ1) is 32.9. The third kappa shape index (κ3) is 4.54. The first-order chi connectivity index (χ1) is 29.7. The molecule has 5 nitrogen and oxygen atoms in total. The molecule has 0 saturated carbocycles. The Labute approximate surface area is 342 Å². The largest absolute Gasteiger partial charge is 0.455 e. The Balaban J connectivity index is 1.17. The molecule has 13 rings (SSSR count). The second-order valence-electron chi connectivity index (χ2n) is 15.6. The van der Waals surface area contributed by atoms with E-state index in [0.29, 0.717) is 5.52 Å². The molecule has 0 aliphatic heterocycles. The second-order valence-corrected chi connectivity index (χ2v) is 15.6. The minimum atomic E-state index is -0.0796. The van der Waals surface area contributed by atoms with Crippen LogP contribution in [0.4, 0.5) is 0 Å². The average molecular weight is 768 g/mol. The van der Waals surface area contributed by atoms with E-state index in [1.54, 1.807) is 0 Å². The van der Waals surface area contributed by atoms with E-state index in [4.69, 9.17) is 4.42 Å². The lowest BCUT2D eigenvalue weighted by Gasteiger charge is -2.17. The maximum Gasteiger partial charge on any atom is 0.280 e. The number of nitrogens with zero attached hydrogens (tertiary/aromatic N) is 3. The Bertz CT molecular complexity index is 3970. The van der Waals surface area contributed by atoms with Gasteiger partial charge in [0, 0.05) is 60.0 Å². The standard InChI is InChI=1S/C55H33N3O2/c59-55-53-52(43-21-7-10-25-48(43)57(53)37-29-31-49-44(33-37)40-19-6-9-24-47(40)56(49)36-16-2-1-3-17-36)45-32-35(39-22-13-23-42-41-20-8-11-27-51(41)60-54(39)42)28-30-50(45)58(55)46-26-12-15-34-14-4-5-18-38(34)46/h1-33H. The van der Waals surface area contributed by atoms with E-state index in [0.717, 1.165) is 110 Å². The van der Waals surface area contributed by atoms with Gasteiger partial charge in [0.2, 0.25) is 0 Å². The summed E-state index contributed by atoms with van der Waals surface area (Å²) in [6.45, 7) is 0. The summed E-state index contributed by atoms with van der Waals surface area (Å²) >= 11 is 0. The molecule has 0 N–H and O–H groups in total. The Morgan fingerprint density at radius 1 is 0.383 bits per heavy atom. The van der Waals surface area contributed by atoms with Gasteiger partial charge in [0.15, 0.2) is 0 Å². The van der Waals surface area contributed by atoms with Crippen LogP contribution < -0.4 is 5.56 Å². The van der Waals surface area contributed by atoms with Crippen LogP contribution in [0.1, 0.15) is 0 Å². The van der Waals surface area contributed by atoms with E-state index in [1.807, 2.05) is 34.9 Å². The minimum absolute atomic E-state index is 0.0796.